The lowest BCUT2D eigenvalue weighted by atomic mass is 10.0. The third-order valence-corrected chi connectivity index (χ3v) is 2.50. The van der Waals surface area contributed by atoms with Crippen LogP contribution in [0.4, 0.5) is 5.82 Å². The van der Waals surface area contributed by atoms with Crippen molar-refractivity contribution in [3.05, 3.63) is 30.0 Å². The maximum absolute atomic E-state index is 10.8. The molecule has 5 heteroatoms. The van der Waals surface area contributed by atoms with Crippen LogP contribution in [0, 0.1) is 0 Å². The first-order valence-corrected chi connectivity index (χ1v) is 5.39. The fraction of sp³-hybridized carbons (Fsp3) is 0.333. The summed E-state index contributed by atoms with van der Waals surface area (Å²) in [5, 5.41) is 5.92. The average molecular weight is 254 g/mol. The largest absolute Gasteiger partial charge is 0.313 e. The van der Waals surface area contributed by atoms with E-state index < -0.39 is 0 Å². The van der Waals surface area contributed by atoms with Gasteiger partial charge in [0.05, 0.1) is 0 Å². The summed E-state index contributed by atoms with van der Waals surface area (Å²) < 4.78 is 0. The molecule has 2 N–H and O–H groups in total. The summed E-state index contributed by atoms with van der Waals surface area (Å²) in [5.41, 5.74) is 2.45. The van der Waals surface area contributed by atoms with Gasteiger partial charge in [-0.3, -0.25) is 4.79 Å². The minimum absolute atomic E-state index is 0. The second kappa shape index (κ2) is 6.37. The molecule has 0 atom stereocenters. The first-order chi connectivity index (χ1) is 7.75. The quantitative estimate of drug-likeness (QED) is 0.846. The van der Waals surface area contributed by atoms with Crippen LogP contribution < -0.4 is 10.6 Å². The van der Waals surface area contributed by atoms with Gasteiger partial charge >= 0.3 is 0 Å². The van der Waals surface area contributed by atoms with Crippen LogP contribution in [0.2, 0.25) is 0 Å². The van der Waals surface area contributed by atoms with E-state index in [1.54, 1.807) is 0 Å². The van der Waals surface area contributed by atoms with Crippen LogP contribution in [-0.2, 0) is 4.79 Å². The van der Waals surface area contributed by atoms with Crippen molar-refractivity contribution < 1.29 is 4.79 Å². The van der Waals surface area contributed by atoms with Gasteiger partial charge in [-0.15, -0.1) is 12.4 Å². The molecule has 0 saturated heterocycles. The Labute approximate surface area is 107 Å². The number of aromatic nitrogens is 1. The summed E-state index contributed by atoms with van der Waals surface area (Å²) in [7, 11) is 0. The fourth-order valence-electron chi connectivity index (χ4n) is 1.72. The molecule has 92 valence electrons. The van der Waals surface area contributed by atoms with Crippen molar-refractivity contribution in [2.45, 2.75) is 13.3 Å². The van der Waals surface area contributed by atoms with Gasteiger partial charge in [0.2, 0.25) is 5.91 Å². The second-order valence-electron chi connectivity index (χ2n) is 3.80. The van der Waals surface area contributed by atoms with Gasteiger partial charge in [-0.05, 0) is 36.2 Å². The standard InChI is InChI=1S/C12H15N3O.ClH/c1-9(16)15-12-3-2-11(8-14-12)10-4-6-13-7-5-10;/h2-4,8,13H,5-7H2,1H3,(H,14,15,16);1H. The molecule has 0 aliphatic carbocycles. The smallest absolute Gasteiger partial charge is 0.222 e. The molecule has 2 heterocycles. The molecule has 0 bridgehead atoms. The van der Waals surface area contributed by atoms with Crippen molar-refractivity contribution >= 4 is 29.7 Å². The minimum Gasteiger partial charge on any atom is -0.313 e. The summed E-state index contributed by atoms with van der Waals surface area (Å²) in [6.07, 6.45) is 5.02. The Balaban J connectivity index is 0.00000144. The van der Waals surface area contributed by atoms with Gasteiger partial charge in [0.1, 0.15) is 5.82 Å². The van der Waals surface area contributed by atoms with Gasteiger partial charge in [-0.25, -0.2) is 4.98 Å². The predicted molar refractivity (Wildman–Crippen MR) is 71.3 cm³/mol. The van der Waals surface area contributed by atoms with E-state index in [0.717, 1.165) is 25.1 Å². The highest BCUT2D eigenvalue weighted by Crippen LogP contribution is 2.19. The van der Waals surface area contributed by atoms with Crippen molar-refractivity contribution in [1.29, 1.82) is 0 Å². The van der Waals surface area contributed by atoms with Gasteiger partial charge < -0.3 is 10.6 Å². The van der Waals surface area contributed by atoms with Gasteiger partial charge in [0.25, 0.3) is 0 Å². The van der Waals surface area contributed by atoms with Crippen LogP contribution in [-0.4, -0.2) is 24.0 Å². The Morgan fingerprint density at radius 1 is 1.47 bits per heavy atom. The SMILES string of the molecule is CC(=O)Nc1ccc(C2=CCNCC2)cn1.Cl. The summed E-state index contributed by atoms with van der Waals surface area (Å²) in [6.45, 7) is 3.41. The molecule has 1 amide bonds. The first kappa shape index (κ1) is 13.7. The number of carbonyl (C=O) groups is 1. The highest BCUT2D eigenvalue weighted by Gasteiger charge is 2.06. The number of hydrogen-bond donors (Lipinski definition) is 2. The molecule has 17 heavy (non-hydrogen) atoms. The minimum atomic E-state index is -0.0960. The van der Waals surface area contributed by atoms with Crippen molar-refractivity contribution in [1.82, 2.24) is 10.3 Å². The maximum atomic E-state index is 10.8. The summed E-state index contributed by atoms with van der Waals surface area (Å²) in [4.78, 5) is 15.0. The summed E-state index contributed by atoms with van der Waals surface area (Å²) in [5.74, 6) is 0.507. The van der Waals surface area contributed by atoms with Crippen LogP contribution in [0.15, 0.2) is 24.4 Å². The Kier molecular flexibility index (Phi) is 5.12. The number of anilines is 1. The van der Waals surface area contributed by atoms with Crippen molar-refractivity contribution in [2.24, 2.45) is 0 Å². The number of halogens is 1. The van der Waals surface area contributed by atoms with Crippen LogP contribution in [0.5, 0.6) is 0 Å². The van der Waals surface area contributed by atoms with Crippen LogP contribution >= 0.6 is 12.4 Å². The molecule has 0 spiro atoms. The van der Waals surface area contributed by atoms with Crippen molar-refractivity contribution in [2.75, 3.05) is 18.4 Å². The normalized spacial score (nSPS) is 14.5. The lowest BCUT2D eigenvalue weighted by molar-refractivity contribution is -0.114. The van der Waals surface area contributed by atoms with Crippen LogP contribution in [0.3, 0.4) is 0 Å². The highest BCUT2D eigenvalue weighted by atomic mass is 35.5. The predicted octanol–water partition coefficient (Wildman–Crippen LogP) is 1.84. The Morgan fingerprint density at radius 3 is 2.82 bits per heavy atom. The van der Waals surface area contributed by atoms with Crippen molar-refractivity contribution in [3.8, 4) is 0 Å². The van der Waals surface area contributed by atoms with Gasteiger partial charge in [-0.2, -0.15) is 0 Å². The molecular weight excluding hydrogens is 238 g/mol. The van der Waals surface area contributed by atoms with Gasteiger partial charge in [0, 0.05) is 19.7 Å². The number of hydrogen-bond acceptors (Lipinski definition) is 3. The molecule has 1 aliphatic rings. The van der Waals surface area contributed by atoms with Gasteiger partial charge in [-0.1, -0.05) is 6.08 Å². The van der Waals surface area contributed by atoms with Crippen molar-refractivity contribution in [3.63, 3.8) is 0 Å². The number of amides is 1. The van der Waals surface area contributed by atoms with E-state index in [4.69, 9.17) is 0 Å². The Morgan fingerprint density at radius 2 is 2.29 bits per heavy atom. The zero-order valence-electron chi connectivity index (χ0n) is 9.69. The fourth-order valence-corrected chi connectivity index (χ4v) is 1.72. The van der Waals surface area contributed by atoms with E-state index in [0.29, 0.717) is 5.82 Å². The summed E-state index contributed by atoms with van der Waals surface area (Å²) >= 11 is 0. The maximum Gasteiger partial charge on any atom is 0.222 e. The zero-order chi connectivity index (χ0) is 11.4. The number of nitrogens with zero attached hydrogens (tertiary/aromatic N) is 1. The summed E-state index contributed by atoms with van der Waals surface area (Å²) in [6, 6.07) is 3.83. The molecular formula is C12H16ClN3O. The molecule has 2 rings (SSSR count). The van der Waals surface area contributed by atoms with E-state index in [2.05, 4.69) is 21.7 Å². The molecule has 0 fully saturated rings. The molecule has 1 aliphatic heterocycles. The number of pyridine rings is 1. The van der Waals surface area contributed by atoms with E-state index >= 15 is 0 Å². The molecule has 4 nitrogen and oxygen atoms in total. The molecule has 1 aromatic rings. The first-order valence-electron chi connectivity index (χ1n) is 5.39. The third-order valence-electron chi connectivity index (χ3n) is 2.50. The molecule has 0 radical (unpaired) electrons. The number of nitrogens with one attached hydrogen (secondary N) is 2. The topological polar surface area (TPSA) is 54.0 Å². The van der Waals surface area contributed by atoms with E-state index in [1.165, 1.54) is 12.5 Å². The molecule has 0 aromatic carbocycles. The second-order valence-corrected chi connectivity index (χ2v) is 3.80. The average Bonchev–Trinajstić information content (AvgIpc) is 2.30. The zero-order valence-corrected chi connectivity index (χ0v) is 10.5. The molecule has 0 saturated carbocycles. The van der Waals surface area contributed by atoms with Crippen LogP contribution in [0.25, 0.3) is 5.57 Å². The van der Waals surface area contributed by atoms with E-state index in [9.17, 15) is 4.79 Å². The van der Waals surface area contributed by atoms with Crippen LogP contribution in [0.1, 0.15) is 18.9 Å². The number of rotatable bonds is 2. The van der Waals surface area contributed by atoms with E-state index in [-0.39, 0.29) is 18.3 Å². The molecule has 1 aromatic heterocycles. The van der Waals surface area contributed by atoms with Gasteiger partial charge in [0.15, 0.2) is 0 Å². The Bertz CT molecular complexity index is 414. The highest BCUT2D eigenvalue weighted by molar-refractivity contribution is 5.87. The third kappa shape index (κ3) is 3.84. The lowest BCUT2D eigenvalue weighted by Gasteiger charge is -2.14. The lowest BCUT2D eigenvalue weighted by Crippen LogP contribution is -2.20. The molecule has 0 unspecified atom stereocenters. The van der Waals surface area contributed by atoms with E-state index in [1.807, 2.05) is 18.3 Å². The number of carbonyl (C=O) groups excluding carboxylic acids is 1. The Hall–Kier alpha value is -1.39. The monoisotopic (exact) mass is 253 g/mol.